The van der Waals surface area contributed by atoms with Crippen molar-refractivity contribution >= 4 is 28.8 Å². The van der Waals surface area contributed by atoms with Crippen molar-refractivity contribution in [3.05, 3.63) is 64.3 Å². The molecule has 1 amide bonds. The molecule has 0 aliphatic carbocycles. The maximum Gasteiger partial charge on any atom is 0.256 e. The fourth-order valence-electron chi connectivity index (χ4n) is 3.18. The average Bonchev–Trinajstić information content (AvgIpc) is 3.30. The van der Waals surface area contributed by atoms with Crippen molar-refractivity contribution in [2.24, 2.45) is 0 Å². The number of hydrogen-bond donors (Lipinski definition) is 3. The Balaban J connectivity index is 1.53. The highest BCUT2D eigenvalue weighted by Gasteiger charge is 2.13. The fourth-order valence-corrected chi connectivity index (χ4v) is 3.18. The van der Waals surface area contributed by atoms with E-state index in [1.165, 1.54) is 12.2 Å². The number of carbonyl (C=O) groups excluding carboxylic acids is 1. The Morgan fingerprint density at radius 3 is 2.77 bits per heavy atom. The van der Waals surface area contributed by atoms with Gasteiger partial charge in [0.1, 0.15) is 5.65 Å². The van der Waals surface area contributed by atoms with Crippen molar-refractivity contribution in [1.29, 1.82) is 0 Å². The third kappa shape index (κ3) is 3.64. The van der Waals surface area contributed by atoms with Gasteiger partial charge in [-0.2, -0.15) is 10.2 Å². The lowest BCUT2D eigenvalue weighted by atomic mass is 10.1. The molecule has 9 nitrogen and oxygen atoms in total. The zero-order chi connectivity index (χ0) is 21.3. The van der Waals surface area contributed by atoms with Crippen molar-refractivity contribution in [2.75, 3.05) is 5.32 Å². The highest BCUT2D eigenvalue weighted by Crippen LogP contribution is 2.25. The summed E-state index contributed by atoms with van der Waals surface area (Å²) in [6, 6.07) is 5.55. The fraction of sp³-hybridized carbons (Fsp3) is 0.190. The van der Waals surface area contributed by atoms with Crippen LogP contribution < -0.4 is 10.9 Å². The third-order valence-corrected chi connectivity index (χ3v) is 4.75. The summed E-state index contributed by atoms with van der Waals surface area (Å²) < 4.78 is 1.75. The SMILES string of the molecule is Cc1c(NC(=O)/C=C/c2cc3cnn(C(C)C)c3[nH]c2=O)n[nH]c1-c1ccncc1. The van der Waals surface area contributed by atoms with Gasteiger partial charge in [0.15, 0.2) is 5.82 Å². The summed E-state index contributed by atoms with van der Waals surface area (Å²) in [6.07, 6.45) is 7.86. The van der Waals surface area contributed by atoms with Gasteiger partial charge >= 0.3 is 0 Å². The Bertz CT molecular complexity index is 1300. The largest absolute Gasteiger partial charge is 0.306 e. The Kier molecular flexibility index (Phi) is 5.01. The van der Waals surface area contributed by atoms with Gasteiger partial charge in [0.05, 0.1) is 11.9 Å². The molecule has 4 heterocycles. The van der Waals surface area contributed by atoms with Crippen LogP contribution in [0.4, 0.5) is 5.82 Å². The molecule has 4 rings (SSSR count). The van der Waals surface area contributed by atoms with Crippen LogP contribution in [0.2, 0.25) is 0 Å². The van der Waals surface area contributed by atoms with E-state index in [-0.39, 0.29) is 17.5 Å². The summed E-state index contributed by atoms with van der Waals surface area (Å²) >= 11 is 0. The Labute approximate surface area is 171 Å². The molecule has 0 saturated heterocycles. The van der Waals surface area contributed by atoms with Crippen molar-refractivity contribution in [3.8, 4) is 11.3 Å². The van der Waals surface area contributed by atoms with Gasteiger partial charge in [-0.25, -0.2) is 4.68 Å². The highest BCUT2D eigenvalue weighted by atomic mass is 16.1. The van der Waals surface area contributed by atoms with Crippen LogP contribution in [-0.2, 0) is 4.79 Å². The number of aromatic amines is 2. The summed E-state index contributed by atoms with van der Waals surface area (Å²) in [4.78, 5) is 31.6. The van der Waals surface area contributed by atoms with Gasteiger partial charge in [-0.05, 0) is 45.0 Å². The molecular formula is C21H21N7O2. The molecule has 4 aromatic rings. The summed E-state index contributed by atoms with van der Waals surface area (Å²) in [7, 11) is 0. The molecule has 4 aromatic heterocycles. The molecule has 0 unspecified atom stereocenters. The molecule has 0 spiro atoms. The second kappa shape index (κ2) is 7.78. The molecule has 0 aliphatic heterocycles. The Morgan fingerprint density at radius 1 is 1.27 bits per heavy atom. The molecule has 0 atom stereocenters. The van der Waals surface area contributed by atoms with Crippen molar-refractivity contribution in [3.63, 3.8) is 0 Å². The van der Waals surface area contributed by atoms with Crippen LogP contribution in [0.3, 0.4) is 0 Å². The van der Waals surface area contributed by atoms with E-state index in [1.54, 1.807) is 29.3 Å². The monoisotopic (exact) mass is 403 g/mol. The number of anilines is 1. The van der Waals surface area contributed by atoms with Gasteiger partial charge in [0.2, 0.25) is 5.91 Å². The van der Waals surface area contributed by atoms with E-state index in [9.17, 15) is 9.59 Å². The number of amides is 1. The van der Waals surface area contributed by atoms with E-state index in [4.69, 9.17) is 0 Å². The van der Waals surface area contributed by atoms with E-state index in [0.717, 1.165) is 22.2 Å². The number of pyridine rings is 2. The maximum absolute atomic E-state index is 12.4. The lowest BCUT2D eigenvalue weighted by molar-refractivity contribution is -0.111. The summed E-state index contributed by atoms with van der Waals surface area (Å²) in [5.74, 6) is 0.0438. The number of H-pyrrole nitrogens is 2. The van der Waals surface area contributed by atoms with Crippen LogP contribution in [0.15, 0.2) is 47.7 Å². The van der Waals surface area contributed by atoms with Crippen LogP contribution in [0.1, 0.15) is 31.0 Å². The van der Waals surface area contributed by atoms with Crippen molar-refractivity contribution < 1.29 is 4.79 Å². The van der Waals surface area contributed by atoms with Gasteiger partial charge in [-0.15, -0.1) is 0 Å². The first-order chi connectivity index (χ1) is 14.4. The first-order valence-electron chi connectivity index (χ1n) is 9.49. The molecule has 0 fully saturated rings. The summed E-state index contributed by atoms with van der Waals surface area (Å²) in [6.45, 7) is 5.84. The van der Waals surface area contributed by atoms with Crippen molar-refractivity contribution in [2.45, 2.75) is 26.8 Å². The van der Waals surface area contributed by atoms with E-state index in [1.807, 2.05) is 32.9 Å². The first-order valence-corrected chi connectivity index (χ1v) is 9.49. The lowest BCUT2D eigenvalue weighted by Crippen LogP contribution is -2.13. The molecular weight excluding hydrogens is 382 g/mol. The molecule has 3 N–H and O–H groups in total. The van der Waals surface area contributed by atoms with E-state index < -0.39 is 0 Å². The van der Waals surface area contributed by atoms with E-state index in [0.29, 0.717) is 17.0 Å². The third-order valence-electron chi connectivity index (χ3n) is 4.75. The molecule has 0 radical (unpaired) electrons. The molecule has 0 bridgehead atoms. The van der Waals surface area contributed by atoms with Crippen molar-refractivity contribution in [1.82, 2.24) is 29.9 Å². The minimum absolute atomic E-state index is 0.124. The lowest BCUT2D eigenvalue weighted by Gasteiger charge is -2.06. The predicted octanol–water partition coefficient (Wildman–Crippen LogP) is 3.05. The molecule has 0 saturated carbocycles. The minimum atomic E-state index is -0.386. The van der Waals surface area contributed by atoms with Gasteiger partial charge < -0.3 is 10.3 Å². The first kappa shape index (κ1) is 19.3. The predicted molar refractivity (Wildman–Crippen MR) is 115 cm³/mol. The van der Waals surface area contributed by atoms with Gasteiger partial charge in [0, 0.05) is 46.6 Å². The number of rotatable bonds is 5. The molecule has 152 valence electrons. The smallest absolute Gasteiger partial charge is 0.256 e. The zero-order valence-electron chi connectivity index (χ0n) is 16.8. The van der Waals surface area contributed by atoms with Crippen LogP contribution in [0.25, 0.3) is 28.4 Å². The second-order valence-corrected chi connectivity index (χ2v) is 7.17. The van der Waals surface area contributed by atoms with E-state index in [2.05, 4.69) is 30.6 Å². The van der Waals surface area contributed by atoms with Crippen LogP contribution >= 0.6 is 0 Å². The normalized spacial score (nSPS) is 11.6. The minimum Gasteiger partial charge on any atom is -0.306 e. The number of fused-ring (bicyclic) bond motifs is 1. The van der Waals surface area contributed by atoms with E-state index >= 15 is 0 Å². The highest BCUT2D eigenvalue weighted by molar-refractivity contribution is 6.02. The number of nitrogens with one attached hydrogen (secondary N) is 3. The zero-order valence-corrected chi connectivity index (χ0v) is 16.8. The van der Waals surface area contributed by atoms with Gasteiger partial charge in [-0.3, -0.25) is 19.7 Å². The van der Waals surface area contributed by atoms with Gasteiger partial charge in [0.25, 0.3) is 5.56 Å². The molecule has 0 aliphatic rings. The molecule has 0 aromatic carbocycles. The number of hydrogen-bond acceptors (Lipinski definition) is 5. The number of nitrogens with zero attached hydrogens (tertiary/aromatic N) is 4. The number of carbonyl (C=O) groups is 1. The maximum atomic E-state index is 12.4. The summed E-state index contributed by atoms with van der Waals surface area (Å²) in [5, 5.41) is 14.9. The van der Waals surface area contributed by atoms with Crippen LogP contribution in [0.5, 0.6) is 0 Å². The Morgan fingerprint density at radius 2 is 2.03 bits per heavy atom. The Hall–Kier alpha value is -4.01. The average molecular weight is 403 g/mol. The topological polar surface area (TPSA) is 121 Å². The standard InChI is InChI=1S/C21H21N7O2/c1-12(2)28-20-16(11-23-28)10-15(21(30)25-20)4-5-17(29)24-19-13(3)18(26-27-19)14-6-8-22-9-7-14/h4-12H,1-3H3,(H,25,30)(H2,24,26,27,29)/b5-4+. The van der Waals surface area contributed by atoms with Gasteiger partial charge in [-0.1, -0.05) is 0 Å². The molecule has 30 heavy (non-hydrogen) atoms. The molecule has 9 heteroatoms. The number of aromatic nitrogens is 6. The van der Waals surface area contributed by atoms with Crippen LogP contribution in [-0.4, -0.2) is 35.9 Å². The van der Waals surface area contributed by atoms with Crippen LogP contribution in [0, 0.1) is 6.92 Å². The quantitative estimate of drug-likeness (QED) is 0.442. The summed E-state index contributed by atoms with van der Waals surface area (Å²) in [5.41, 5.74) is 3.28. The second-order valence-electron chi connectivity index (χ2n) is 7.17.